The van der Waals surface area contributed by atoms with Gasteiger partial charge in [0.2, 0.25) is 15.9 Å². The molecule has 39 heavy (non-hydrogen) atoms. The highest BCUT2D eigenvalue weighted by Gasteiger charge is 2.55. The number of carbonyl (C=O) groups excluding carboxylic acids is 1. The molecule has 4 atom stereocenters. The molecule has 0 bridgehead atoms. The van der Waals surface area contributed by atoms with Crippen LogP contribution in [0.15, 0.2) is 61.2 Å². The van der Waals surface area contributed by atoms with E-state index in [4.69, 9.17) is 23.2 Å². The highest BCUT2D eigenvalue weighted by Crippen LogP contribution is 2.55. The lowest BCUT2D eigenvalue weighted by Crippen LogP contribution is -2.59. The molecule has 5 rings (SSSR count). The molecule has 3 fully saturated rings. The van der Waals surface area contributed by atoms with Gasteiger partial charge < -0.3 is 4.90 Å². The van der Waals surface area contributed by atoms with Crippen LogP contribution < -0.4 is 0 Å². The van der Waals surface area contributed by atoms with Crippen LogP contribution in [-0.2, 0) is 14.8 Å². The maximum absolute atomic E-state index is 14.8. The molecule has 0 aromatic heterocycles. The molecule has 0 N–H and O–H groups in total. The number of amides is 1. The number of benzene rings is 2. The Balaban J connectivity index is 1.66. The van der Waals surface area contributed by atoms with Crippen LogP contribution in [-0.4, -0.2) is 48.4 Å². The predicted molar refractivity (Wildman–Crippen MR) is 158 cm³/mol. The predicted octanol–water partition coefficient (Wildman–Crippen LogP) is 7.23. The summed E-state index contributed by atoms with van der Waals surface area (Å²) in [5, 5.41) is 1.00. The second kappa shape index (κ2) is 11.2. The largest absolute Gasteiger partial charge is 0.330 e. The van der Waals surface area contributed by atoms with Gasteiger partial charge in [-0.1, -0.05) is 60.5 Å². The molecule has 2 aromatic rings. The number of halogens is 2. The van der Waals surface area contributed by atoms with E-state index in [-0.39, 0.29) is 35.1 Å². The van der Waals surface area contributed by atoms with Gasteiger partial charge in [-0.2, -0.15) is 0 Å². The maximum atomic E-state index is 14.8. The molecule has 5 nitrogen and oxygen atoms in total. The molecule has 210 valence electrons. The molecule has 1 aliphatic heterocycles. The molecule has 2 aliphatic carbocycles. The zero-order valence-electron chi connectivity index (χ0n) is 22.7. The Kier molecular flexibility index (Phi) is 8.23. The Morgan fingerprint density at radius 1 is 1.08 bits per heavy atom. The number of rotatable bonds is 11. The summed E-state index contributed by atoms with van der Waals surface area (Å²) in [7, 11) is -1.70. The van der Waals surface area contributed by atoms with E-state index >= 15 is 0 Å². The van der Waals surface area contributed by atoms with Crippen LogP contribution in [0.1, 0.15) is 75.0 Å². The monoisotopic (exact) mass is 588 g/mol. The molecular formula is C31H38Cl2N2O3S. The van der Waals surface area contributed by atoms with Gasteiger partial charge in [0, 0.05) is 35.6 Å². The molecular weight excluding hydrogens is 551 g/mol. The number of sulfonamides is 1. The van der Waals surface area contributed by atoms with E-state index in [1.165, 1.54) is 4.31 Å². The number of allylic oxidation sites excluding steroid dienone is 1. The SMILES string of the molecule is C=CC[C@@]1(CC)C[C@H](c2cccc(Cl)c2)C(c2ccc(Cl)cc2)N([C@H](CN(C)S(=O)(=O)C2CC2)C2CC2)C1=O. The van der Waals surface area contributed by atoms with Crippen molar-refractivity contribution in [2.45, 2.75) is 75.1 Å². The number of carbonyl (C=O) groups is 1. The van der Waals surface area contributed by atoms with Crippen molar-refractivity contribution in [1.29, 1.82) is 0 Å². The summed E-state index contributed by atoms with van der Waals surface area (Å²) < 4.78 is 27.9. The minimum Gasteiger partial charge on any atom is -0.330 e. The number of likely N-dealkylation sites (tertiary alicyclic amines) is 1. The highest BCUT2D eigenvalue weighted by molar-refractivity contribution is 7.90. The van der Waals surface area contributed by atoms with Crippen LogP contribution in [0.4, 0.5) is 0 Å². The molecule has 1 heterocycles. The Morgan fingerprint density at radius 3 is 2.33 bits per heavy atom. The third-order valence-corrected chi connectivity index (χ3v) is 11.8. The highest BCUT2D eigenvalue weighted by atomic mass is 35.5. The van der Waals surface area contributed by atoms with Gasteiger partial charge in [-0.3, -0.25) is 4.79 Å². The number of nitrogens with zero attached hydrogens (tertiary/aromatic N) is 2. The third-order valence-electron chi connectivity index (χ3n) is 9.03. The van der Waals surface area contributed by atoms with Crippen LogP contribution in [0.25, 0.3) is 0 Å². The van der Waals surface area contributed by atoms with Gasteiger partial charge >= 0.3 is 0 Å². The lowest BCUT2D eigenvalue weighted by atomic mass is 9.64. The fourth-order valence-corrected chi connectivity index (χ4v) is 8.41. The van der Waals surface area contributed by atoms with Crippen LogP contribution >= 0.6 is 23.2 Å². The number of piperidine rings is 1. The van der Waals surface area contributed by atoms with E-state index in [1.54, 1.807) is 7.05 Å². The Morgan fingerprint density at radius 2 is 1.77 bits per heavy atom. The number of hydrogen-bond acceptors (Lipinski definition) is 3. The first-order valence-electron chi connectivity index (χ1n) is 14.0. The lowest BCUT2D eigenvalue weighted by molar-refractivity contribution is -0.157. The molecule has 1 unspecified atom stereocenters. The fraction of sp³-hybridized carbons (Fsp3) is 0.516. The molecule has 3 aliphatic rings. The zero-order valence-corrected chi connectivity index (χ0v) is 25.1. The van der Waals surface area contributed by atoms with Crippen LogP contribution in [0.5, 0.6) is 0 Å². The molecule has 0 spiro atoms. The summed E-state index contributed by atoms with van der Waals surface area (Å²) in [5.74, 6) is 0.323. The summed E-state index contributed by atoms with van der Waals surface area (Å²) in [4.78, 5) is 16.8. The minimum absolute atomic E-state index is 0.0333. The maximum Gasteiger partial charge on any atom is 0.229 e. The van der Waals surface area contributed by atoms with Crippen molar-refractivity contribution in [3.8, 4) is 0 Å². The van der Waals surface area contributed by atoms with Gasteiger partial charge in [0.05, 0.1) is 16.7 Å². The standard InChI is InChI=1S/C31H38Cl2N2O3S/c1-4-17-31(5-2)19-27(23-7-6-8-25(33)18-23)29(22-11-13-24(32)14-12-22)35(30(31)36)28(21-9-10-21)20-34(3)39(37,38)26-15-16-26/h4,6-8,11-14,18,21,26-29H,1,5,9-10,15-17,19-20H2,2-3H3/t27-,28-,29?,31+/m1/s1. The second-order valence-corrected chi connectivity index (χ2v) is 14.8. The van der Waals surface area contributed by atoms with Crippen molar-refractivity contribution >= 4 is 39.1 Å². The van der Waals surface area contributed by atoms with Crippen molar-refractivity contribution in [1.82, 2.24) is 9.21 Å². The van der Waals surface area contributed by atoms with Crippen molar-refractivity contribution < 1.29 is 13.2 Å². The third kappa shape index (κ3) is 5.68. The van der Waals surface area contributed by atoms with Gasteiger partial charge in [0.15, 0.2) is 0 Å². The van der Waals surface area contributed by atoms with E-state index in [9.17, 15) is 13.2 Å². The number of hydrogen-bond donors (Lipinski definition) is 0. The van der Waals surface area contributed by atoms with Gasteiger partial charge in [0.1, 0.15) is 0 Å². The summed E-state index contributed by atoms with van der Waals surface area (Å²) in [6.45, 7) is 6.39. The smallest absolute Gasteiger partial charge is 0.229 e. The second-order valence-electron chi connectivity index (χ2n) is 11.6. The molecule has 1 amide bonds. The average Bonchev–Trinajstić information content (AvgIpc) is 3.82. The molecule has 8 heteroatoms. The van der Waals surface area contributed by atoms with E-state index in [1.807, 2.05) is 48.5 Å². The first kappa shape index (κ1) is 28.7. The van der Waals surface area contributed by atoms with E-state index in [0.717, 1.165) is 24.0 Å². The molecule has 2 aromatic carbocycles. The normalized spacial score (nSPS) is 26.6. The van der Waals surface area contributed by atoms with E-state index < -0.39 is 15.4 Å². The van der Waals surface area contributed by atoms with Gasteiger partial charge in [0.25, 0.3) is 0 Å². The van der Waals surface area contributed by atoms with Crippen molar-refractivity contribution in [2.75, 3.05) is 13.6 Å². The molecule has 2 saturated carbocycles. The minimum atomic E-state index is -3.38. The van der Waals surface area contributed by atoms with Gasteiger partial charge in [-0.15, -0.1) is 6.58 Å². The Bertz CT molecular complexity index is 1320. The molecule has 0 radical (unpaired) electrons. The van der Waals surface area contributed by atoms with Crippen molar-refractivity contribution in [2.24, 2.45) is 11.3 Å². The van der Waals surface area contributed by atoms with Crippen LogP contribution in [0.3, 0.4) is 0 Å². The van der Waals surface area contributed by atoms with Crippen LogP contribution in [0, 0.1) is 11.3 Å². The first-order chi connectivity index (χ1) is 18.6. The number of likely N-dealkylation sites (N-methyl/N-ethyl adjacent to an activating group) is 1. The topological polar surface area (TPSA) is 57.7 Å². The summed E-state index contributed by atoms with van der Waals surface area (Å²) in [6.07, 6.45) is 7.16. The first-order valence-corrected chi connectivity index (χ1v) is 16.3. The quantitative estimate of drug-likeness (QED) is 0.260. The van der Waals surface area contributed by atoms with E-state index in [0.29, 0.717) is 48.7 Å². The van der Waals surface area contributed by atoms with Gasteiger partial charge in [-0.25, -0.2) is 12.7 Å². The Labute approximate surface area is 243 Å². The van der Waals surface area contributed by atoms with Gasteiger partial charge in [-0.05, 0) is 86.3 Å². The fourth-order valence-electron chi connectivity index (χ4n) is 6.48. The summed E-state index contributed by atoms with van der Waals surface area (Å²) >= 11 is 12.8. The van der Waals surface area contributed by atoms with Crippen molar-refractivity contribution in [3.63, 3.8) is 0 Å². The molecule has 1 saturated heterocycles. The Hall–Kier alpha value is -1.86. The average molecular weight is 590 g/mol. The van der Waals surface area contributed by atoms with Crippen LogP contribution in [0.2, 0.25) is 10.0 Å². The van der Waals surface area contributed by atoms with Crippen molar-refractivity contribution in [3.05, 3.63) is 82.4 Å². The van der Waals surface area contributed by atoms with E-state index in [2.05, 4.69) is 24.5 Å². The summed E-state index contributed by atoms with van der Waals surface area (Å²) in [6, 6.07) is 15.2. The summed E-state index contributed by atoms with van der Waals surface area (Å²) in [5.41, 5.74) is 1.45. The zero-order chi connectivity index (χ0) is 27.9. The lowest BCUT2D eigenvalue weighted by Gasteiger charge is -2.53.